The summed E-state index contributed by atoms with van der Waals surface area (Å²) >= 11 is 0. The third-order valence-corrected chi connectivity index (χ3v) is 5.07. The van der Waals surface area contributed by atoms with Crippen molar-refractivity contribution in [3.63, 3.8) is 0 Å². The Morgan fingerprint density at radius 2 is 1.18 bits per heavy atom. The molecule has 0 heteroatoms. The molecule has 1 aliphatic rings. The standard InChI is InChI=1S/C22H41/c1-2-3-4-5-6-7-8-9-10-11-12-13-14-16-19-22-20-17-15-18-21-22/h17,20H,2-16,18-19,21H2,1H3. The summed E-state index contributed by atoms with van der Waals surface area (Å²) in [6.07, 6.45) is 30.7. The monoisotopic (exact) mass is 305 g/mol. The second kappa shape index (κ2) is 15.6. The Balaban J connectivity index is 1.69. The minimum Gasteiger partial charge on any atom is -0.0879 e. The summed E-state index contributed by atoms with van der Waals surface area (Å²) in [5.41, 5.74) is 0. The fourth-order valence-electron chi connectivity index (χ4n) is 3.54. The Bertz CT molecular complexity index is 240. The maximum Gasteiger partial charge on any atom is -0.00272 e. The molecule has 129 valence electrons. The molecule has 0 atom stereocenters. The van der Waals surface area contributed by atoms with Crippen molar-refractivity contribution in [2.24, 2.45) is 0 Å². The molecule has 0 spiro atoms. The topological polar surface area (TPSA) is 0 Å². The van der Waals surface area contributed by atoms with Crippen molar-refractivity contribution in [2.45, 2.75) is 122 Å². The Labute approximate surface area is 141 Å². The maximum absolute atomic E-state index is 2.39. The van der Waals surface area contributed by atoms with Crippen molar-refractivity contribution >= 4 is 0 Å². The van der Waals surface area contributed by atoms with Gasteiger partial charge in [-0.05, 0) is 31.6 Å². The van der Waals surface area contributed by atoms with Crippen molar-refractivity contribution in [3.8, 4) is 0 Å². The summed E-state index contributed by atoms with van der Waals surface area (Å²) in [7, 11) is 0. The lowest BCUT2D eigenvalue weighted by molar-refractivity contribution is 0.531. The average Bonchev–Trinajstić information content (AvgIpc) is 2.56. The van der Waals surface area contributed by atoms with Crippen molar-refractivity contribution in [1.82, 2.24) is 0 Å². The molecule has 1 rings (SSSR count). The van der Waals surface area contributed by atoms with E-state index in [0.717, 1.165) is 0 Å². The lowest BCUT2D eigenvalue weighted by Crippen LogP contribution is -1.97. The van der Waals surface area contributed by atoms with Crippen molar-refractivity contribution in [1.29, 1.82) is 0 Å². The van der Waals surface area contributed by atoms with E-state index in [0.29, 0.717) is 0 Å². The van der Waals surface area contributed by atoms with Crippen LogP contribution < -0.4 is 0 Å². The van der Waals surface area contributed by atoms with Crippen LogP contribution in [0, 0.1) is 5.92 Å². The molecule has 0 aromatic rings. The van der Waals surface area contributed by atoms with Crippen molar-refractivity contribution < 1.29 is 0 Å². The zero-order chi connectivity index (χ0) is 15.7. The van der Waals surface area contributed by atoms with Gasteiger partial charge in [0.2, 0.25) is 0 Å². The molecule has 1 radical (unpaired) electrons. The molecule has 0 aromatic carbocycles. The molecule has 0 saturated heterocycles. The van der Waals surface area contributed by atoms with Gasteiger partial charge in [-0.25, -0.2) is 0 Å². The second-order valence-electron chi connectivity index (χ2n) is 7.30. The quantitative estimate of drug-likeness (QED) is 0.268. The van der Waals surface area contributed by atoms with E-state index in [9.17, 15) is 0 Å². The van der Waals surface area contributed by atoms with Gasteiger partial charge in [0.25, 0.3) is 0 Å². The molecule has 0 heterocycles. The van der Waals surface area contributed by atoms with Gasteiger partial charge in [0.1, 0.15) is 0 Å². The first-order chi connectivity index (χ1) is 10.9. The maximum atomic E-state index is 2.39. The van der Waals surface area contributed by atoms with Gasteiger partial charge in [-0.3, -0.25) is 0 Å². The van der Waals surface area contributed by atoms with Crippen LogP contribution >= 0.6 is 0 Å². The normalized spacial score (nSPS) is 15.5. The highest BCUT2D eigenvalue weighted by atomic mass is 14.1. The minimum atomic E-state index is 1.31. The average molecular weight is 306 g/mol. The molecule has 0 amide bonds. The van der Waals surface area contributed by atoms with Crippen LogP contribution in [0.2, 0.25) is 0 Å². The summed E-state index contributed by atoms with van der Waals surface area (Å²) < 4.78 is 0. The molecule has 0 unspecified atom stereocenters. The van der Waals surface area contributed by atoms with Gasteiger partial charge in [-0.2, -0.15) is 0 Å². The van der Waals surface area contributed by atoms with E-state index in [4.69, 9.17) is 0 Å². The van der Waals surface area contributed by atoms with E-state index in [1.165, 1.54) is 116 Å². The van der Waals surface area contributed by atoms with Crippen LogP contribution in [0.4, 0.5) is 0 Å². The highest BCUT2D eigenvalue weighted by Gasteiger charge is 2.07. The second-order valence-corrected chi connectivity index (χ2v) is 7.30. The molecule has 0 N–H and O–H groups in total. The highest BCUT2D eigenvalue weighted by Crippen LogP contribution is 2.24. The first-order valence-electron chi connectivity index (χ1n) is 10.4. The molecule has 0 aromatic heterocycles. The fourth-order valence-corrected chi connectivity index (χ4v) is 3.54. The molecular formula is C22H41. The molecule has 22 heavy (non-hydrogen) atoms. The number of allylic oxidation sites excluding steroid dienone is 2. The summed E-state index contributed by atoms with van der Waals surface area (Å²) in [5.74, 6) is 1.71. The molecule has 1 aliphatic carbocycles. The summed E-state index contributed by atoms with van der Waals surface area (Å²) in [5, 5.41) is 0. The fraction of sp³-hybridized carbons (Fsp3) is 0.864. The highest BCUT2D eigenvalue weighted by molar-refractivity contribution is 5.12. The van der Waals surface area contributed by atoms with Crippen LogP contribution in [0.1, 0.15) is 122 Å². The van der Waals surface area contributed by atoms with Gasteiger partial charge < -0.3 is 0 Å². The molecule has 0 fully saturated rings. The summed E-state index contributed by atoms with van der Waals surface area (Å²) in [6, 6.07) is 0. The number of hydrogen-bond acceptors (Lipinski definition) is 0. The number of rotatable bonds is 15. The van der Waals surface area contributed by atoms with E-state index in [2.05, 4.69) is 19.1 Å². The van der Waals surface area contributed by atoms with Gasteiger partial charge >= 0.3 is 0 Å². The van der Waals surface area contributed by atoms with Crippen LogP contribution in [0.15, 0.2) is 12.2 Å². The van der Waals surface area contributed by atoms with Gasteiger partial charge in [-0.1, -0.05) is 109 Å². The van der Waals surface area contributed by atoms with Crippen LogP contribution in [-0.4, -0.2) is 0 Å². The van der Waals surface area contributed by atoms with Crippen LogP contribution in [0.5, 0.6) is 0 Å². The van der Waals surface area contributed by atoms with E-state index in [1.54, 1.807) is 5.92 Å². The van der Waals surface area contributed by atoms with Gasteiger partial charge in [0, 0.05) is 0 Å². The Hall–Kier alpha value is -0.260. The molecule has 0 nitrogen and oxygen atoms in total. The first kappa shape index (κ1) is 19.8. The van der Waals surface area contributed by atoms with Gasteiger partial charge in [-0.15, -0.1) is 0 Å². The number of unbranched alkanes of at least 4 members (excludes halogenated alkanes) is 13. The predicted octanol–water partition coefficient (Wildman–Crippen LogP) is 8.17. The van der Waals surface area contributed by atoms with Crippen molar-refractivity contribution in [2.75, 3.05) is 0 Å². The smallest absolute Gasteiger partial charge is 0.00272 e. The molecular weight excluding hydrogens is 264 g/mol. The van der Waals surface area contributed by atoms with Gasteiger partial charge in [0.05, 0.1) is 0 Å². The van der Waals surface area contributed by atoms with Crippen LogP contribution in [0.3, 0.4) is 0 Å². The zero-order valence-corrected chi connectivity index (χ0v) is 15.4. The van der Waals surface area contributed by atoms with E-state index < -0.39 is 0 Å². The lowest BCUT2D eigenvalue weighted by Gasteiger charge is -2.14. The third kappa shape index (κ3) is 12.3. The van der Waals surface area contributed by atoms with E-state index >= 15 is 0 Å². The van der Waals surface area contributed by atoms with Gasteiger partial charge in [0.15, 0.2) is 0 Å². The summed E-state index contributed by atoms with van der Waals surface area (Å²) in [4.78, 5) is 0. The lowest BCUT2D eigenvalue weighted by atomic mass is 9.91. The minimum absolute atomic E-state index is 1.31. The van der Waals surface area contributed by atoms with Crippen LogP contribution in [-0.2, 0) is 0 Å². The Morgan fingerprint density at radius 3 is 1.64 bits per heavy atom. The van der Waals surface area contributed by atoms with E-state index in [1.807, 2.05) is 0 Å². The predicted molar refractivity (Wildman–Crippen MR) is 101 cm³/mol. The first-order valence-corrected chi connectivity index (χ1v) is 10.4. The zero-order valence-electron chi connectivity index (χ0n) is 15.4. The van der Waals surface area contributed by atoms with Crippen LogP contribution in [0.25, 0.3) is 0 Å². The number of hydrogen-bond donors (Lipinski definition) is 0. The van der Waals surface area contributed by atoms with Crippen molar-refractivity contribution in [3.05, 3.63) is 18.1 Å². The van der Waals surface area contributed by atoms with E-state index in [-0.39, 0.29) is 0 Å². The molecule has 0 aliphatic heterocycles. The Morgan fingerprint density at radius 1 is 0.682 bits per heavy atom. The molecule has 0 bridgehead atoms. The molecule has 0 saturated carbocycles. The summed E-state index contributed by atoms with van der Waals surface area (Å²) in [6.45, 7) is 2.30. The Kier molecular flexibility index (Phi) is 14.1. The third-order valence-electron chi connectivity index (χ3n) is 5.07. The largest absolute Gasteiger partial charge is 0.0879 e. The SMILES string of the molecule is CCCCCCCCCCCCCCCC[C]1C=CCCC1.